The summed E-state index contributed by atoms with van der Waals surface area (Å²) in [6.45, 7) is 1.79. The van der Waals surface area contributed by atoms with Crippen molar-refractivity contribution in [3.05, 3.63) is 62.7 Å². The van der Waals surface area contributed by atoms with Crippen LogP contribution >= 0.6 is 11.6 Å². The summed E-state index contributed by atoms with van der Waals surface area (Å²) in [5.74, 6) is 0.395. The first-order valence-electron chi connectivity index (χ1n) is 7.73. The molecule has 0 aliphatic carbocycles. The van der Waals surface area contributed by atoms with Crippen molar-refractivity contribution in [2.45, 2.75) is 13.0 Å². The molecule has 0 saturated heterocycles. The molecule has 138 valence electrons. The average molecular weight is 379 g/mol. The smallest absolute Gasteiger partial charge is 0.269 e. The maximum absolute atomic E-state index is 12.8. The lowest BCUT2D eigenvalue weighted by atomic mass is 10.1. The van der Waals surface area contributed by atoms with Crippen molar-refractivity contribution >= 4 is 23.2 Å². The summed E-state index contributed by atoms with van der Waals surface area (Å²) in [6, 6.07) is 8.86. The van der Waals surface area contributed by atoms with Crippen LogP contribution in [0.25, 0.3) is 0 Å². The fourth-order valence-corrected chi connectivity index (χ4v) is 2.83. The number of carbonyl (C=O) groups is 1. The van der Waals surface area contributed by atoms with Gasteiger partial charge in [-0.2, -0.15) is 0 Å². The summed E-state index contributed by atoms with van der Waals surface area (Å²) in [5.41, 5.74) is 0.957. The zero-order chi connectivity index (χ0) is 19.4. The minimum absolute atomic E-state index is 0.0237. The lowest BCUT2D eigenvalue weighted by Gasteiger charge is -2.26. The Morgan fingerprint density at radius 3 is 2.50 bits per heavy atom. The van der Waals surface area contributed by atoms with Gasteiger partial charge in [0.2, 0.25) is 0 Å². The lowest BCUT2D eigenvalue weighted by Crippen LogP contribution is -2.29. The van der Waals surface area contributed by atoms with Crippen molar-refractivity contribution in [1.29, 1.82) is 0 Å². The molecule has 2 rings (SSSR count). The fourth-order valence-electron chi connectivity index (χ4n) is 2.54. The van der Waals surface area contributed by atoms with E-state index >= 15 is 0 Å². The molecule has 2 aromatic carbocycles. The van der Waals surface area contributed by atoms with Crippen molar-refractivity contribution in [3.8, 4) is 11.5 Å². The molecule has 8 heteroatoms. The maximum Gasteiger partial charge on any atom is 0.269 e. The van der Waals surface area contributed by atoms with Gasteiger partial charge in [0.1, 0.15) is 0 Å². The molecular formula is C18H19ClN2O5. The third-order valence-corrected chi connectivity index (χ3v) is 4.43. The number of non-ortho nitro benzene ring substituents is 1. The number of methoxy groups -OCH3 is 2. The number of nitrogens with zero attached hydrogens (tertiary/aromatic N) is 2. The molecule has 0 bridgehead atoms. The third-order valence-electron chi connectivity index (χ3n) is 4.15. The molecule has 0 spiro atoms. The van der Waals surface area contributed by atoms with E-state index in [-0.39, 0.29) is 22.7 Å². The first kappa shape index (κ1) is 19.5. The number of amides is 1. The molecule has 0 unspecified atom stereocenters. The van der Waals surface area contributed by atoms with Crippen LogP contribution in [0.3, 0.4) is 0 Å². The predicted octanol–water partition coefficient (Wildman–Crippen LogP) is 4.10. The maximum atomic E-state index is 12.8. The minimum Gasteiger partial charge on any atom is -0.493 e. The first-order valence-corrected chi connectivity index (χ1v) is 8.11. The number of hydrogen-bond donors (Lipinski definition) is 0. The van der Waals surface area contributed by atoms with E-state index < -0.39 is 4.92 Å². The van der Waals surface area contributed by atoms with Crippen LogP contribution in [0.2, 0.25) is 5.02 Å². The molecule has 0 aliphatic heterocycles. The standard InChI is InChI=1S/C18H19ClN2O5/c1-11(12-6-5-7-14(8-12)21(23)24)20(2)18(22)13-9-15(19)17(26-4)16(10-13)25-3/h5-11H,1-4H3/t11-/m1/s1. The zero-order valence-electron chi connectivity index (χ0n) is 14.9. The third kappa shape index (κ3) is 3.88. The molecule has 2 aromatic rings. The second-order valence-electron chi connectivity index (χ2n) is 5.64. The second kappa shape index (κ2) is 8.05. The number of hydrogen-bond acceptors (Lipinski definition) is 5. The normalized spacial score (nSPS) is 11.6. The molecule has 0 radical (unpaired) electrons. The Bertz CT molecular complexity index is 840. The Hall–Kier alpha value is -2.80. The fraction of sp³-hybridized carbons (Fsp3) is 0.278. The summed E-state index contributed by atoms with van der Waals surface area (Å²) < 4.78 is 10.4. The molecule has 0 saturated carbocycles. The molecule has 0 fully saturated rings. The predicted molar refractivity (Wildman–Crippen MR) is 98.2 cm³/mol. The Morgan fingerprint density at radius 1 is 1.23 bits per heavy atom. The molecule has 0 heterocycles. The number of carbonyl (C=O) groups excluding carboxylic acids is 1. The van der Waals surface area contributed by atoms with E-state index in [1.807, 2.05) is 0 Å². The molecule has 26 heavy (non-hydrogen) atoms. The number of ether oxygens (including phenoxy) is 2. The Morgan fingerprint density at radius 2 is 1.92 bits per heavy atom. The highest BCUT2D eigenvalue weighted by Crippen LogP contribution is 2.36. The van der Waals surface area contributed by atoms with Gasteiger partial charge in [-0.1, -0.05) is 23.7 Å². The number of nitro groups is 1. The van der Waals surface area contributed by atoms with Gasteiger partial charge in [-0.3, -0.25) is 14.9 Å². The van der Waals surface area contributed by atoms with Crippen LogP contribution in [0.5, 0.6) is 11.5 Å². The van der Waals surface area contributed by atoms with E-state index in [0.717, 1.165) is 0 Å². The SMILES string of the molecule is COc1cc(C(=O)N(C)[C@H](C)c2cccc([N+](=O)[O-])c2)cc(Cl)c1OC. The van der Waals surface area contributed by atoms with Gasteiger partial charge in [0.05, 0.1) is 30.2 Å². The van der Waals surface area contributed by atoms with Gasteiger partial charge in [0, 0.05) is 24.7 Å². The van der Waals surface area contributed by atoms with Gasteiger partial charge in [0.15, 0.2) is 11.5 Å². The highest BCUT2D eigenvalue weighted by molar-refractivity contribution is 6.32. The zero-order valence-corrected chi connectivity index (χ0v) is 15.6. The van der Waals surface area contributed by atoms with Crippen molar-refractivity contribution in [3.63, 3.8) is 0 Å². The van der Waals surface area contributed by atoms with Crippen LogP contribution in [0.4, 0.5) is 5.69 Å². The highest BCUT2D eigenvalue weighted by Gasteiger charge is 2.23. The largest absolute Gasteiger partial charge is 0.493 e. The van der Waals surface area contributed by atoms with Crippen molar-refractivity contribution < 1.29 is 19.2 Å². The van der Waals surface area contributed by atoms with Crippen LogP contribution in [-0.4, -0.2) is 37.0 Å². The highest BCUT2D eigenvalue weighted by atomic mass is 35.5. The average Bonchev–Trinajstić information content (AvgIpc) is 2.65. The minimum atomic E-state index is -0.466. The Labute approximate surface area is 156 Å². The summed E-state index contributed by atoms with van der Waals surface area (Å²) >= 11 is 6.16. The summed E-state index contributed by atoms with van der Waals surface area (Å²) in [7, 11) is 4.54. The van der Waals surface area contributed by atoms with Gasteiger partial charge in [-0.25, -0.2) is 0 Å². The molecule has 0 N–H and O–H groups in total. The van der Waals surface area contributed by atoms with Crippen LogP contribution in [0, 0.1) is 10.1 Å². The summed E-state index contributed by atoms with van der Waals surface area (Å²) in [4.78, 5) is 24.8. The van der Waals surface area contributed by atoms with Gasteiger partial charge < -0.3 is 14.4 Å². The van der Waals surface area contributed by atoms with E-state index in [9.17, 15) is 14.9 Å². The number of halogens is 1. The quantitative estimate of drug-likeness (QED) is 0.558. The van der Waals surface area contributed by atoms with Gasteiger partial charge in [-0.15, -0.1) is 0 Å². The van der Waals surface area contributed by atoms with Gasteiger partial charge in [0.25, 0.3) is 11.6 Å². The topological polar surface area (TPSA) is 81.9 Å². The van der Waals surface area contributed by atoms with E-state index in [4.69, 9.17) is 21.1 Å². The van der Waals surface area contributed by atoms with Crippen molar-refractivity contribution in [1.82, 2.24) is 4.90 Å². The van der Waals surface area contributed by atoms with Crippen LogP contribution in [0.15, 0.2) is 36.4 Å². The van der Waals surface area contributed by atoms with Crippen LogP contribution < -0.4 is 9.47 Å². The summed E-state index contributed by atoms with van der Waals surface area (Å²) in [5, 5.41) is 11.2. The molecule has 1 atom stereocenters. The van der Waals surface area contributed by atoms with E-state index in [0.29, 0.717) is 22.6 Å². The first-order chi connectivity index (χ1) is 12.3. The molecule has 0 aliphatic rings. The van der Waals surface area contributed by atoms with E-state index in [1.54, 1.807) is 32.2 Å². The van der Waals surface area contributed by atoms with E-state index in [2.05, 4.69) is 0 Å². The van der Waals surface area contributed by atoms with Crippen molar-refractivity contribution in [2.24, 2.45) is 0 Å². The van der Waals surface area contributed by atoms with Crippen LogP contribution in [-0.2, 0) is 0 Å². The molecular weight excluding hydrogens is 360 g/mol. The van der Waals surface area contributed by atoms with Gasteiger partial charge in [-0.05, 0) is 24.6 Å². The van der Waals surface area contributed by atoms with Crippen LogP contribution in [0.1, 0.15) is 28.9 Å². The van der Waals surface area contributed by atoms with Crippen molar-refractivity contribution in [2.75, 3.05) is 21.3 Å². The summed E-state index contributed by atoms with van der Waals surface area (Å²) in [6.07, 6.45) is 0. The number of nitro benzene ring substituents is 1. The number of rotatable bonds is 6. The molecule has 7 nitrogen and oxygen atoms in total. The Balaban J connectivity index is 2.33. The molecule has 0 aromatic heterocycles. The van der Waals surface area contributed by atoms with Gasteiger partial charge >= 0.3 is 0 Å². The lowest BCUT2D eigenvalue weighted by molar-refractivity contribution is -0.384. The molecule has 1 amide bonds. The monoisotopic (exact) mass is 378 g/mol. The second-order valence-corrected chi connectivity index (χ2v) is 6.04. The van der Waals surface area contributed by atoms with E-state index in [1.165, 1.54) is 37.3 Å². The number of benzene rings is 2. The Kier molecular flexibility index (Phi) is 6.05.